The summed E-state index contributed by atoms with van der Waals surface area (Å²) in [5.41, 5.74) is 2.89. The molecule has 2 aromatic carbocycles. The van der Waals surface area contributed by atoms with Crippen LogP contribution in [0.4, 0.5) is 0 Å². The first kappa shape index (κ1) is 21.8. The molecule has 5 rings (SSSR count). The van der Waals surface area contributed by atoms with Gasteiger partial charge in [-0.15, -0.1) is 5.10 Å². The smallest absolute Gasteiger partial charge is 0.346 e. The first-order valence-corrected chi connectivity index (χ1v) is 11.7. The molecule has 0 radical (unpaired) electrons. The molecule has 4 aromatic rings. The van der Waals surface area contributed by atoms with Gasteiger partial charge in [0, 0.05) is 42.9 Å². The zero-order valence-electron chi connectivity index (χ0n) is 18.9. The number of pyridine rings is 1. The summed E-state index contributed by atoms with van der Waals surface area (Å²) >= 11 is 0. The van der Waals surface area contributed by atoms with Gasteiger partial charge >= 0.3 is 5.69 Å². The average molecular weight is 454 g/mol. The molecule has 0 spiro atoms. The Bertz CT molecular complexity index is 1260. The maximum absolute atomic E-state index is 13.0. The van der Waals surface area contributed by atoms with Crippen molar-refractivity contribution in [2.75, 3.05) is 6.54 Å². The Labute approximate surface area is 198 Å². The highest BCUT2D eigenvalue weighted by molar-refractivity contribution is 5.77. The Morgan fingerprint density at radius 1 is 0.971 bits per heavy atom. The molecule has 0 aliphatic heterocycles. The topological polar surface area (TPSA) is 81.8 Å². The summed E-state index contributed by atoms with van der Waals surface area (Å²) in [6, 6.07) is 24.1. The third-order valence-electron chi connectivity index (χ3n) is 6.14. The van der Waals surface area contributed by atoms with Gasteiger partial charge < -0.3 is 5.32 Å². The minimum atomic E-state index is -0.137. The predicted molar refractivity (Wildman–Crippen MR) is 130 cm³/mol. The number of hydrogen-bond acceptors (Lipinski definition) is 4. The van der Waals surface area contributed by atoms with Crippen molar-refractivity contribution in [1.82, 2.24) is 24.6 Å². The molecule has 7 nitrogen and oxygen atoms in total. The summed E-state index contributed by atoms with van der Waals surface area (Å²) in [5.74, 6) is 0.552. The van der Waals surface area contributed by atoms with Crippen LogP contribution in [0.5, 0.6) is 0 Å². The first-order valence-electron chi connectivity index (χ1n) is 11.7. The van der Waals surface area contributed by atoms with E-state index in [4.69, 9.17) is 0 Å². The molecule has 0 saturated heterocycles. The molecule has 34 heavy (non-hydrogen) atoms. The van der Waals surface area contributed by atoms with Gasteiger partial charge in [-0.2, -0.15) is 0 Å². The molecular weight excluding hydrogens is 426 g/mol. The molecule has 0 unspecified atom stereocenters. The SMILES string of the molecule is O=C(CC(c1ccccc1)c1ccccc1)NCCn1nc(-c2cccnc2)n(C2CC2)c1=O. The van der Waals surface area contributed by atoms with E-state index in [1.165, 1.54) is 4.68 Å². The number of carbonyl (C=O) groups is 1. The monoisotopic (exact) mass is 453 g/mol. The van der Waals surface area contributed by atoms with Gasteiger partial charge in [0.2, 0.25) is 5.91 Å². The molecule has 2 heterocycles. The Kier molecular flexibility index (Phi) is 6.33. The highest BCUT2D eigenvalue weighted by atomic mass is 16.2. The van der Waals surface area contributed by atoms with Crippen LogP contribution in [0, 0.1) is 0 Å². The number of benzene rings is 2. The minimum absolute atomic E-state index is 0.0311. The second-order valence-corrected chi connectivity index (χ2v) is 8.60. The van der Waals surface area contributed by atoms with E-state index in [-0.39, 0.29) is 23.6 Å². The summed E-state index contributed by atoms with van der Waals surface area (Å²) in [7, 11) is 0. The lowest BCUT2D eigenvalue weighted by Crippen LogP contribution is -2.32. The van der Waals surface area contributed by atoms with Crippen molar-refractivity contribution in [2.24, 2.45) is 0 Å². The van der Waals surface area contributed by atoms with Crippen molar-refractivity contribution in [3.05, 3.63) is 107 Å². The zero-order valence-corrected chi connectivity index (χ0v) is 18.9. The standard InChI is InChI=1S/C27H27N5O2/c33-25(18-24(20-8-3-1-4-9-20)21-10-5-2-6-11-21)29-16-17-31-27(34)32(23-13-14-23)26(30-31)22-12-7-15-28-19-22/h1-12,15,19,23-24H,13-14,16-18H2,(H,29,33). The van der Waals surface area contributed by atoms with E-state index in [1.54, 1.807) is 17.0 Å². The summed E-state index contributed by atoms with van der Waals surface area (Å²) < 4.78 is 3.21. The number of carbonyl (C=O) groups excluding carboxylic acids is 1. The normalized spacial score (nSPS) is 13.2. The van der Waals surface area contributed by atoms with Crippen molar-refractivity contribution in [3.63, 3.8) is 0 Å². The fraction of sp³-hybridized carbons (Fsp3) is 0.259. The molecule has 1 N–H and O–H groups in total. The number of hydrogen-bond donors (Lipinski definition) is 1. The second kappa shape index (κ2) is 9.87. The highest BCUT2D eigenvalue weighted by Gasteiger charge is 2.30. The quantitative estimate of drug-likeness (QED) is 0.418. The van der Waals surface area contributed by atoms with Crippen LogP contribution in [-0.2, 0) is 11.3 Å². The third-order valence-corrected chi connectivity index (χ3v) is 6.14. The predicted octanol–water partition coefficient (Wildman–Crippen LogP) is 3.78. The van der Waals surface area contributed by atoms with Crippen LogP contribution in [0.3, 0.4) is 0 Å². The van der Waals surface area contributed by atoms with Gasteiger partial charge in [-0.05, 0) is 36.1 Å². The van der Waals surface area contributed by atoms with E-state index in [1.807, 2.05) is 48.5 Å². The molecule has 0 bridgehead atoms. The van der Waals surface area contributed by atoms with Gasteiger partial charge in [0.1, 0.15) is 0 Å². The average Bonchev–Trinajstić information content (AvgIpc) is 3.67. The van der Waals surface area contributed by atoms with E-state index >= 15 is 0 Å². The second-order valence-electron chi connectivity index (χ2n) is 8.60. The van der Waals surface area contributed by atoms with Crippen molar-refractivity contribution < 1.29 is 4.79 Å². The Hall–Kier alpha value is -4.00. The molecule has 1 fully saturated rings. The van der Waals surface area contributed by atoms with Crippen LogP contribution in [-0.4, -0.2) is 31.8 Å². The van der Waals surface area contributed by atoms with Crippen LogP contribution in [0.15, 0.2) is 90.0 Å². The summed E-state index contributed by atoms with van der Waals surface area (Å²) in [4.78, 5) is 30.0. The molecule has 172 valence electrons. The van der Waals surface area contributed by atoms with E-state index < -0.39 is 0 Å². The minimum Gasteiger partial charge on any atom is -0.354 e. The Morgan fingerprint density at radius 2 is 1.65 bits per heavy atom. The van der Waals surface area contributed by atoms with E-state index in [0.29, 0.717) is 25.3 Å². The van der Waals surface area contributed by atoms with Crippen LogP contribution in [0.2, 0.25) is 0 Å². The van der Waals surface area contributed by atoms with Crippen molar-refractivity contribution in [2.45, 2.75) is 37.8 Å². The molecule has 2 aromatic heterocycles. The molecule has 1 amide bonds. The van der Waals surface area contributed by atoms with E-state index in [2.05, 4.69) is 39.7 Å². The molecule has 1 aliphatic rings. The van der Waals surface area contributed by atoms with Gasteiger partial charge in [0.05, 0.1) is 6.54 Å². The summed E-state index contributed by atoms with van der Waals surface area (Å²) in [5, 5.41) is 7.55. The van der Waals surface area contributed by atoms with Crippen molar-refractivity contribution in [1.29, 1.82) is 0 Å². The molecule has 0 atom stereocenters. The number of nitrogens with zero attached hydrogens (tertiary/aromatic N) is 4. The highest BCUT2D eigenvalue weighted by Crippen LogP contribution is 2.36. The van der Waals surface area contributed by atoms with Crippen molar-refractivity contribution in [3.8, 4) is 11.4 Å². The lowest BCUT2D eigenvalue weighted by Gasteiger charge is -2.18. The molecular formula is C27H27N5O2. The molecule has 1 saturated carbocycles. The van der Waals surface area contributed by atoms with Crippen LogP contribution in [0.1, 0.15) is 42.3 Å². The lowest BCUT2D eigenvalue weighted by atomic mass is 9.88. The molecule has 7 heteroatoms. The van der Waals surface area contributed by atoms with Gasteiger partial charge in [0.25, 0.3) is 0 Å². The fourth-order valence-corrected chi connectivity index (χ4v) is 4.28. The number of amides is 1. The van der Waals surface area contributed by atoms with E-state index in [0.717, 1.165) is 29.5 Å². The third kappa shape index (κ3) is 4.83. The molecule has 1 aliphatic carbocycles. The maximum atomic E-state index is 13.0. The zero-order chi connectivity index (χ0) is 23.3. The van der Waals surface area contributed by atoms with Gasteiger partial charge in [-0.1, -0.05) is 60.7 Å². The van der Waals surface area contributed by atoms with E-state index in [9.17, 15) is 9.59 Å². The van der Waals surface area contributed by atoms with Crippen LogP contribution >= 0.6 is 0 Å². The number of aromatic nitrogens is 4. The van der Waals surface area contributed by atoms with Gasteiger partial charge in [-0.3, -0.25) is 14.3 Å². The van der Waals surface area contributed by atoms with Gasteiger partial charge in [-0.25, -0.2) is 9.48 Å². The number of rotatable bonds is 9. The first-order chi connectivity index (χ1) is 16.7. The Balaban J connectivity index is 1.27. The van der Waals surface area contributed by atoms with Crippen LogP contribution in [0.25, 0.3) is 11.4 Å². The van der Waals surface area contributed by atoms with Gasteiger partial charge in [0.15, 0.2) is 5.82 Å². The summed E-state index contributed by atoms with van der Waals surface area (Å²) in [6.07, 6.45) is 5.72. The largest absolute Gasteiger partial charge is 0.354 e. The lowest BCUT2D eigenvalue weighted by molar-refractivity contribution is -0.121. The Morgan fingerprint density at radius 3 is 2.24 bits per heavy atom. The van der Waals surface area contributed by atoms with Crippen molar-refractivity contribution >= 4 is 5.91 Å². The maximum Gasteiger partial charge on any atom is 0.346 e. The van der Waals surface area contributed by atoms with Crippen LogP contribution < -0.4 is 11.0 Å². The number of nitrogens with one attached hydrogen (secondary N) is 1. The summed E-state index contributed by atoms with van der Waals surface area (Å²) in [6.45, 7) is 0.655. The fourth-order valence-electron chi connectivity index (χ4n) is 4.28.